The normalized spacial score (nSPS) is 13.5. The van der Waals surface area contributed by atoms with Crippen molar-refractivity contribution in [1.82, 2.24) is 0 Å². The van der Waals surface area contributed by atoms with Gasteiger partial charge in [-0.05, 0) is 11.5 Å². The van der Waals surface area contributed by atoms with Crippen LogP contribution >= 0.6 is 0 Å². The quantitative estimate of drug-likeness (QED) is 0.767. The van der Waals surface area contributed by atoms with Crippen LogP contribution < -0.4 is 4.43 Å². The summed E-state index contributed by atoms with van der Waals surface area (Å²) in [6, 6.07) is 14.1. The number of benzene rings is 2. The maximum atomic E-state index is 11.4. The summed E-state index contributed by atoms with van der Waals surface area (Å²) in [6.07, 6.45) is 0. The van der Waals surface area contributed by atoms with Crippen LogP contribution in [0, 0.1) is 0 Å². The van der Waals surface area contributed by atoms with E-state index in [4.69, 9.17) is 4.43 Å². The minimum Gasteiger partial charge on any atom is -0.519 e. The molecule has 0 aliphatic rings. The molecule has 0 unspecified atom stereocenters. The second-order valence-electron chi connectivity index (χ2n) is 7.72. The highest BCUT2D eigenvalue weighted by Gasteiger charge is 2.57. The summed E-state index contributed by atoms with van der Waals surface area (Å²) in [6.45, 7) is 12.4. The fourth-order valence-corrected chi connectivity index (χ4v) is 6.23. The average Bonchev–Trinajstić information content (AvgIpc) is 2.36. The lowest BCUT2D eigenvalue weighted by Gasteiger charge is -2.45. The standard InChI is InChI=1S/C18H26O2Si/c1-17(2,3)21(19,18(4,5)6)20-16-13-9-11-14-10-7-8-12-15(14)16/h7-13,19H,1-6H3. The van der Waals surface area contributed by atoms with E-state index in [1.54, 1.807) is 0 Å². The summed E-state index contributed by atoms with van der Waals surface area (Å²) in [5.74, 6) is 0.784. The van der Waals surface area contributed by atoms with E-state index in [1.165, 1.54) is 0 Å². The van der Waals surface area contributed by atoms with Crippen molar-refractivity contribution in [3.8, 4) is 5.75 Å². The predicted octanol–water partition coefficient (Wildman–Crippen LogP) is 5.25. The van der Waals surface area contributed by atoms with E-state index in [9.17, 15) is 4.80 Å². The molecule has 1 N–H and O–H groups in total. The fraction of sp³-hybridized carbons (Fsp3) is 0.444. The van der Waals surface area contributed by atoms with E-state index >= 15 is 0 Å². The molecule has 2 aromatic rings. The highest BCUT2D eigenvalue weighted by atomic mass is 28.4. The Morgan fingerprint density at radius 2 is 1.33 bits per heavy atom. The molecule has 0 heterocycles. The van der Waals surface area contributed by atoms with E-state index in [0.717, 1.165) is 16.5 Å². The van der Waals surface area contributed by atoms with Crippen molar-refractivity contribution in [3.05, 3.63) is 42.5 Å². The molecule has 0 saturated heterocycles. The molecule has 0 radical (unpaired) electrons. The molecule has 2 rings (SSSR count). The monoisotopic (exact) mass is 302 g/mol. The Hall–Kier alpha value is -1.32. The molecule has 0 saturated carbocycles. The lowest BCUT2D eigenvalue weighted by Crippen LogP contribution is -2.57. The van der Waals surface area contributed by atoms with Gasteiger partial charge in [0, 0.05) is 15.5 Å². The Morgan fingerprint density at radius 3 is 1.90 bits per heavy atom. The summed E-state index contributed by atoms with van der Waals surface area (Å²) in [4.78, 5) is 11.4. The van der Waals surface area contributed by atoms with Gasteiger partial charge in [0.1, 0.15) is 5.75 Å². The van der Waals surface area contributed by atoms with Crippen LogP contribution in [0.1, 0.15) is 41.5 Å². The van der Waals surface area contributed by atoms with Gasteiger partial charge in [-0.3, -0.25) is 0 Å². The predicted molar refractivity (Wildman–Crippen MR) is 92.0 cm³/mol. The minimum absolute atomic E-state index is 0.276. The molecular formula is C18H26O2Si. The van der Waals surface area contributed by atoms with Crippen LogP contribution in [0.2, 0.25) is 10.1 Å². The molecule has 0 amide bonds. The zero-order chi connectivity index (χ0) is 15.9. The van der Waals surface area contributed by atoms with E-state index in [2.05, 4.69) is 53.7 Å². The Kier molecular flexibility index (Phi) is 3.93. The molecule has 0 aliphatic heterocycles. The van der Waals surface area contributed by atoms with Gasteiger partial charge in [0.15, 0.2) is 0 Å². The summed E-state index contributed by atoms with van der Waals surface area (Å²) in [7, 11) is -3.01. The number of hydrogen-bond donors (Lipinski definition) is 1. The van der Waals surface area contributed by atoms with Crippen LogP contribution in [0.15, 0.2) is 42.5 Å². The highest BCUT2D eigenvalue weighted by Crippen LogP contribution is 2.50. The molecule has 0 atom stereocenters. The Bertz CT molecular complexity index is 616. The van der Waals surface area contributed by atoms with Crippen LogP contribution in [0.25, 0.3) is 10.8 Å². The molecule has 0 fully saturated rings. The van der Waals surface area contributed by atoms with Gasteiger partial charge in [-0.2, -0.15) is 0 Å². The first-order valence-corrected chi connectivity index (χ1v) is 9.31. The van der Waals surface area contributed by atoms with E-state index in [0.29, 0.717) is 0 Å². The van der Waals surface area contributed by atoms with Crippen LogP contribution in [-0.4, -0.2) is 13.4 Å². The van der Waals surface area contributed by atoms with Crippen molar-refractivity contribution in [2.24, 2.45) is 0 Å². The van der Waals surface area contributed by atoms with Gasteiger partial charge in [0.2, 0.25) is 0 Å². The molecular weight excluding hydrogens is 276 g/mol. The van der Waals surface area contributed by atoms with Crippen LogP contribution in [0.5, 0.6) is 5.75 Å². The first kappa shape index (κ1) is 16.1. The lowest BCUT2D eigenvalue weighted by atomic mass is 10.1. The van der Waals surface area contributed by atoms with E-state index in [-0.39, 0.29) is 10.1 Å². The van der Waals surface area contributed by atoms with Gasteiger partial charge in [0.05, 0.1) is 0 Å². The van der Waals surface area contributed by atoms with Crippen molar-refractivity contribution in [2.75, 3.05) is 0 Å². The molecule has 3 heteroatoms. The van der Waals surface area contributed by atoms with Crippen LogP contribution in [0.4, 0.5) is 0 Å². The number of fused-ring (bicyclic) bond motifs is 1. The van der Waals surface area contributed by atoms with Crippen molar-refractivity contribution in [1.29, 1.82) is 0 Å². The summed E-state index contributed by atoms with van der Waals surface area (Å²) in [5.41, 5.74) is 0. The van der Waals surface area contributed by atoms with Gasteiger partial charge in [-0.25, -0.2) is 0 Å². The molecule has 0 aromatic heterocycles. The number of hydrogen-bond acceptors (Lipinski definition) is 2. The third-order valence-corrected chi connectivity index (χ3v) is 8.62. The molecule has 0 spiro atoms. The SMILES string of the molecule is CC(C)(C)[Si](O)(Oc1cccc2ccccc12)C(C)(C)C. The summed E-state index contributed by atoms with van der Waals surface area (Å²) < 4.78 is 6.34. The third kappa shape index (κ3) is 2.85. The first-order valence-electron chi connectivity index (χ1n) is 7.45. The molecule has 0 aliphatic carbocycles. The van der Waals surface area contributed by atoms with Crippen molar-refractivity contribution in [3.63, 3.8) is 0 Å². The molecule has 0 bridgehead atoms. The smallest absolute Gasteiger partial charge is 0.407 e. The summed E-state index contributed by atoms with van der Waals surface area (Å²) >= 11 is 0. The van der Waals surface area contributed by atoms with E-state index in [1.807, 2.05) is 30.3 Å². The maximum Gasteiger partial charge on any atom is 0.407 e. The minimum atomic E-state index is -3.01. The van der Waals surface area contributed by atoms with Crippen molar-refractivity contribution < 1.29 is 9.22 Å². The van der Waals surface area contributed by atoms with Crippen LogP contribution in [0.3, 0.4) is 0 Å². The molecule has 114 valence electrons. The van der Waals surface area contributed by atoms with Gasteiger partial charge < -0.3 is 9.22 Å². The van der Waals surface area contributed by atoms with Gasteiger partial charge >= 0.3 is 8.56 Å². The average molecular weight is 302 g/mol. The molecule has 2 nitrogen and oxygen atoms in total. The highest BCUT2D eigenvalue weighted by molar-refractivity contribution is 6.72. The first-order chi connectivity index (χ1) is 9.56. The Morgan fingerprint density at radius 1 is 0.810 bits per heavy atom. The lowest BCUT2D eigenvalue weighted by molar-refractivity contribution is 0.285. The largest absolute Gasteiger partial charge is 0.519 e. The van der Waals surface area contributed by atoms with Gasteiger partial charge in [0.25, 0.3) is 0 Å². The second kappa shape index (κ2) is 5.15. The zero-order valence-corrected chi connectivity index (χ0v) is 14.9. The zero-order valence-electron chi connectivity index (χ0n) is 13.9. The van der Waals surface area contributed by atoms with Crippen molar-refractivity contribution >= 4 is 19.3 Å². The Balaban J connectivity index is 2.55. The maximum absolute atomic E-state index is 11.4. The van der Waals surface area contributed by atoms with Crippen LogP contribution in [-0.2, 0) is 0 Å². The molecule has 2 aromatic carbocycles. The number of rotatable bonds is 2. The van der Waals surface area contributed by atoms with Crippen molar-refractivity contribution in [2.45, 2.75) is 51.6 Å². The van der Waals surface area contributed by atoms with E-state index < -0.39 is 8.56 Å². The van der Waals surface area contributed by atoms with Gasteiger partial charge in [-0.1, -0.05) is 77.9 Å². The fourth-order valence-electron chi connectivity index (χ4n) is 2.88. The Labute approximate surface area is 129 Å². The topological polar surface area (TPSA) is 29.5 Å². The third-order valence-electron chi connectivity index (χ3n) is 4.04. The second-order valence-corrected chi connectivity index (χ2v) is 12.2. The molecule has 21 heavy (non-hydrogen) atoms. The summed E-state index contributed by atoms with van der Waals surface area (Å²) in [5, 5.41) is 1.64. The van der Waals surface area contributed by atoms with Gasteiger partial charge in [-0.15, -0.1) is 0 Å².